The second kappa shape index (κ2) is 7.81. The number of hydrogen-bond acceptors (Lipinski definition) is 8. The zero-order valence-electron chi connectivity index (χ0n) is 17.7. The summed E-state index contributed by atoms with van der Waals surface area (Å²) in [4.78, 5) is 35.6. The smallest absolute Gasteiger partial charge is 0.336 e. The first-order chi connectivity index (χ1) is 14.1. The maximum absolute atomic E-state index is 12.5. The Balaban J connectivity index is 1.61. The van der Waals surface area contributed by atoms with Crippen molar-refractivity contribution in [3.8, 4) is 0 Å². The number of rotatable bonds is 3. The Morgan fingerprint density at radius 1 is 1.07 bits per heavy atom. The lowest BCUT2D eigenvalue weighted by Crippen LogP contribution is -2.38. The SMILES string of the molecule is CC(=O)OC1C2C(OC3OC(=O)/C(=C\C=C4CCCC(C)(C)C4)C32)O[C@H]1OC(C)=O. The zero-order valence-corrected chi connectivity index (χ0v) is 17.7. The molecule has 8 heteroatoms. The Labute approximate surface area is 175 Å². The fraction of sp³-hybridized carbons (Fsp3) is 0.682. The molecule has 3 heterocycles. The standard InChI is InChI=1S/C22H28O8/c1-11(23)26-17-16-15-14(8-7-13-6-5-9-22(3,4)10-13)18(25)28-19(15)29-20(16)30-21(17)27-12(2)24/h7-8,15-17,19-21H,5-6,9-10H2,1-4H3/b13-7?,14-8-/t15?,16?,17?,19?,20?,21-/m1/s1. The molecule has 0 radical (unpaired) electrons. The van der Waals surface area contributed by atoms with Gasteiger partial charge in [0.05, 0.1) is 11.8 Å². The van der Waals surface area contributed by atoms with Crippen LogP contribution in [-0.2, 0) is 38.1 Å². The number of carbonyl (C=O) groups is 3. The minimum absolute atomic E-state index is 0.250. The number of hydrogen-bond donors (Lipinski definition) is 0. The summed E-state index contributed by atoms with van der Waals surface area (Å²) in [5, 5.41) is 0. The Kier molecular flexibility index (Phi) is 5.48. The van der Waals surface area contributed by atoms with E-state index in [2.05, 4.69) is 13.8 Å². The van der Waals surface area contributed by atoms with Gasteiger partial charge in [0.1, 0.15) is 0 Å². The van der Waals surface area contributed by atoms with E-state index >= 15 is 0 Å². The highest BCUT2D eigenvalue weighted by Gasteiger charge is 2.64. The Hall–Kier alpha value is -2.19. The summed E-state index contributed by atoms with van der Waals surface area (Å²) in [7, 11) is 0. The van der Waals surface area contributed by atoms with Crippen molar-refractivity contribution in [1.82, 2.24) is 0 Å². The molecule has 0 bridgehead atoms. The normalized spacial score (nSPS) is 39.5. The minimum Gasteiger partial charge on any atom is -0.455 e. The van der Waals surface area contributed by atoms with Gasteiger partial charge in [0.2, 0.25) is 12.6 Å². The van der Waals surface area contributed by atoms with Gasteiger partial charge in [0, 0.05) is 19.4 Å². The van der Waals surface area contributed by atoms with Gasteiger partial charge in [-0.2, -0.15) is 0 Å². The lowest BCUT2D eigenvalue weighted by Gasteiger charge is -2.31. The highest BCUT2D eigenvalue weighted by Crippen LogP contribution is 2.51. The lowest BCUT2D eigenvalue weighted by atomic mass is 9.75. The van der Waals surface area contributed by atoms with Gasteiger partial charge in [-0.25, -0.2) is 4.79 Å². The highest BCUT2D eigenvalue weighted by atomic mass is 16.8. The van der Waals surface area contributed by atoms with Crippen LogP contribution in [0.3, 0.4) is 0 Å². The van der Waals surface area contributed by atoms with Crippen LogP contribution in [0.25, 0.3) is 0 Å². The van der Waals surface area contributed by atoms with E-state index in [0.29, 0.717) is 5.57 Å². The molecule has 164 valence electrons. The Bertz CT molecular complexity index is 810. The molecule has 4 aliphatic rings. The number of esters is 3. The van der Waals surface area contributed by atoms with E-state index in [9.17, 15) is 14.4 Å². The summed E-state index contributed by atoms with van der Waals surface area (Å²) in [6.45, 7) is 7.01. The second-order valence-corrected chi connectivity index (χ2v) is 9.21. The zero-order chi connectivity index (χ0) is 21.6. The number of allylic oxidation sites excluding steroid dienone is 3. The molecule has 0 amide bonds. The molecule has 8 nitrogen and oxygen atoms in total. The monoisotopic (exact) mass is 420 g/mol. The van der Waals surface area contributed by atoms with Gasteiger partial charge in [-0.3, -0.25) is 9.59 Å². The quantitative estimate of drug-likeness (QED) is 0.391. The largest absolute Gasteiger partial charge is 0.455 e. The molecule has 5 unspecified atom stereocenters. The van der Waals surface area contributed by atoms with E-state index in [-0.39, 0.29) is 5.41 Å². The van der Waals surface area contributed by atoms with Crippen LogP contribution >= 0.6 is 0 Å². The van der Waals surface area contributed by atoms with E-state index < -0.39 is 54.7 Å². The molecule has 4 fully saturated rings. The van der Waals surface area contributed by atoms with Crippen LogP contribution in [0.2, 0.25) is 0 Å². The maximum Gasteiger partial charge on any atom is 0.336 e. The Morgan fingerprint density at radius 2 is 1.80 bits per heavy atom. The summed E-state index contributed by atoms with van der Waals surface area (Å²) >= 11 is 0. The molecular weight excluding hydrogens is 392 g/mol. The third-order valence-corrected chi connectivity index (χ3v) is 6.16. The molecule has 4 rings (SSSR count). The molecule has 30 heavy (non-hydrogen) atoms. The van der Waals surface area contributed by atoms with E-state index in [1.807, 2.05) is 6.08 Å². The first kappa shape index (κ1) is 21.1. The molecule has 0 spiro atoms. The van der Waals surface area contributed by atoms with Crippen LogP contribution in [-0.4, -0.2) is 42.9 Å². The van der Waals surface area contributed by atoms with Gasteiger partial charge < -0.3 is 23.7 Å². The van der Waals surface area contributed by atoms with Crippen molar-refractivity contribution in [3.05, 3.63) is 23.3 Å². The maximum atomic E-state index is 12.5. The summed E-state index contributed by atoms with van der Waals surface area (Å²) in [6.07, 6.45) is 4.53. The van der Waals surface area contributed by atoms with Crippen molar-refractivity contribution in [2.75, 3.05) is 0 Å². The van der Waals surface area contributed by atoms with E-state index in [1.54, 1.807) is 6.08 Å². The van der Waals surface area contributed by atoms with Crippen molar-refractivity contribution in [2.24, 2.45) is 17.3 Å². The molecule has 3 aliphatic heterocycles. The van der Waals surface area contributed by atoms with Crippen LogP contribution in [0, 0.1) is 17.3 Å². The molecule has 0 aromatic carbocycles. The van der Waals surface area contributed by atoms with E-state index in [1.165, 1.54) is 25.8 Å². The minimum atomic E-state index is -1.09. The molecule has 0 aromatic heterocycles. The average Bonchev–Trinajstić information content (AvgIpc) is 3.20. The number of carbonyl (C=O) groups excluding carboxylic acids is 3. The van der Waals surface area contributed by atoms with Gasteiger partial charge in [-0.05, 0) is 31.1 Å². The molecule has 1 aliphatic carbocycles. The van der Waals surface area contributed by atoms with Crippen LogP contribution in [0.5, 0.6) is 0 Å². The van der Waals surface area contributed by atoms with Crippen molar-refractivity contribution in [2.45, 2.75) is 78.4 Å². The first-order valence-corrected chi connectivity index (χ1v) is 10.4. The molecule has 0 aromatic rings. The van der Waals surface area contributed by atoms with Crippen molar-refractivity contribution >= 4 is 17.9 Å². The van der Waals surface area contributed by atoms with Crippen molar-refractivity contribution in [1.29, 1.82) is 0 Å². The van der Waals surface area contributed by atoms with Gasteiger partial charge >= 0.3 is 17.9 Å². The number of fused-ring (bicyclic) bond motifs is 3. The van der Waals surface area contributed by atoms with Crippen LogP contribution in [0.15, 0.2) is 23.3 Å². The first-order valence-electron chi connectivity index (χ1n) is 10.4. The number of ether oxygens (including phenoxy) is 5. The van der Waals surface area contributed by atoms with Crippen molar-refractivity contribution in [3.63, 3.8) is 0 Å². The molecular formula is C22H28O8. The van der Waals surface area contributed by atoms with Gasteiger partial charge in [0.15, 0.2) is 12.4 Å². The van der Waals surface area contributed by atoms with E-state index in [4.69, 9.17) is 23.7 Å². The fourth-order valence-electron chi connectivity index (χ4n) is 4.99. The molecule has 1 saturated carbocycles. The Morgan fingerprint density at radius 3 is 2.47 bits per heavy atom. The third kappa shape index (κ3) is 4.03. The average molecular weight is 420 g/mol. The van der Waals surface area contributed by atoms with Crippen molar-refractivity contribution < 1.29 is 38.1 Å². The predicted molar refractivity (Wildman–Crippen MR) is 102 cm³/mol. The molecule has 6 atom stereocenters. The van der Waals surface area contributed by atoms with Gasteiger partial charge in [-0.15, -0.1) is 0 Å². The highest BCUT2D eigenvalue weighted by molar-refractivity contribution is 5.92. The fourth-order valence-corrected chi connectivity index (χ4v) is 4.99. The third-order valence-electron chi connectivity index (χ3n) is 6.16. The van der Waals surface area contributed by atoms with Crippen LogP contribution < -0.4 is 0 Å². The van der Waals surface area contributed by atoms with Gasteiger partial charge in [0.25, 0.3) is 0 Å². The van der Waals surface area contributed by atoms with Crippen LogP contribution in [0.4, 0.5) is 0 Å². The summed E-state index contributed by atoms with van der Waals surface area (Å²) in [5.74, 6) is -2.53. The summed E-state index contributed by atoms with van der Waals surface area (Å²) < 4.78 is 27.4. The molecule has 0 N–H and O–H groups in total. The second-order valence-electron chi connectivity index (χ2n) is 9.21. The summed E-state index contributed by atoms with van der Waals surface area (Å²) in [5.41, 5.74) is 2.01. The lowest BCUT2D eigenvalue weighted by molar-refractivity contribution is -0.244. The van der Waals surface area contributed by atoms with Crippen LogP contribution in [0.1, 0.15) is 53.4 Å². The van der Waals surface area contributed by atoms with E-state index in [0.717, 1.165) is 19.3 Å². The van der Waals surface area contributed by atoms with Gasteiger partial charge in [-0.1, -0.05) is 31.6 Å². The summed E-state index contributed by atoms with van der Waals surface area (Å²) in [6, 6.07) is 0. The predicted octanol–water partition coefficient (Wildman–Crippen LogP) is 2.76. The topological polar surface area (TPSA) is 97.4 Å². The molecule has 3 saturated heterocycles.